The maximum atomic E-state index is 13.8. The third-order valence-corrected chi connectivity index (χ3v) is 5.48. The van der Waals surface area contributed by atoms with E-state index in [0.29, 0.717) is 10.6 Å². The molecule has 2 N–H and O–H groups in total. The molecule has 2 rings (SSSR count). The molecule has 2 aromatic rings. The van der Waals surface area contributed by atoms with Gasteiger partial charge in [0.05, 0.1) is 12.6 Å². The van der Waals surface area contributed by atoms with Gasteiger partial charge in [0.25, 0.3) is 0 Å². The van der Waals surface area contributed by atoms with Gasteiger partial charge >= 0.3 is 0 Å². The Bertz CT molecular complexity index is 744. The molecule has 0 aliphatic rings. The van der Waals surface area contributed by atoms with Crippen LogP contribution in [0.4, 0.5) is 4.39 Å². The van der Waals surface area contributed by atoms with Crippen LogP contribution in [0.2, 0.25) is 0 Å². The topological polar surface area (TPSA) is 79.3 Å². The summed E-state index contributed by atoms with van der Waals surface area (Å²) in [7, 11) is -3.99. The van der Waals surface area contributed by atoms with Crippen molar-refractivity contribution in [3.8, 4) is 0 Å². The van der Waals surface area contributed by atoms with Crippen LogP contribution in [0, 0.1) is 12.7 Å². The number of aryl methyl sites for hydroxylation is 1. The molecular formula is C13H15FN2O3S2. The standard InChI is InChI=1S/C13H15FN2O3S2/c1-8-6-15-13(20-8)9(2)16-21(18,19)12-4-3-10(7-17)5-11(12)14/h3-6,9,16-17H,7H2,1-2H3. The molecule has 0 saturated heterocycles. The van der Waals surface area contributed by atoms with E-state index in [9.17, 15) is 12.8 Å². The zero-order chi connectivity index (χ0) is 15.6. The van der Waals surface area contributed by atoms with Gasteiger partial charge in [-0.3, -0.25) is 0 Å². The van der Waals surface area contributed by atoms with Crippen LogP contribution in [-0.2, 0) is 16.6 Å². The Morgan fingerprint density at radius 1 is 1.48 bits per heavy atom. The molecule has 0 amide bonds. The maximum Gasteiger partial charge on any atom is 0.244 e. The first-order chi connectivity index (χ1) is 9.83. The molecule has 1 atom stereocenters. The van der Waals surface area contributed by atoms with Crippen LogP contribution in [0.1, 0.15) is 28.4 Å². The molecule has 0 aliphatic heterocycles. The lowest BCUT2D eigenvalue weighted by molar-refractivity contribution is 0.281. The van der Waals surface area contributed by atoms with E-state index in [2.05, 4.69) is 9.71 Å². The molecule has 1 heterocycles. The van der Waals surface area contributed by atoms with E-state index in [0.717, 1.165) is 17.0 Å². The third-order valence-electron chi connectivity index (χ3n) is 2.81. The second kappa shape index (κ2) is 6.18. The van der Waals surface area contributed by atoms with E-state index in [1.807, 2.05) is 6.92 Å². The minimum Gasteiger partial charge on any atom is -0.392 e. The molecule has 5 nitrogen and oxygen atoms in total. The number of aliphatic hydroxyl groups excluding tert-OH is 1. The van der Waals surface area contributed by atoms with Crippen molar-refractivity contribution < 1.29 is 17.9 Å². The van der Waals surface area contributed by atoms with Crippen molar-refractivity contribution in [3.05, 3.63) is 45.7 Å². The minimum absolute atomic E-state index is 0.315. The highest BCUT2D eigenvalue weighted by Crippen LogP contribution is 2.23. The van der Waals surface area contributed by atoms with Crippen LogP contribution >= 0.6 is 11.3 Å². The predicted molar refractivity (Wildman–Crippen MR) is 77.9 cm³/mol. The second-order valence-electron chi connectivity index (χ2n) is 4.58. The Morgan fingerprint density at radius 2 is 2.19 bits per heavy atom. The number of nitrogens with zero attached hydrogens (tertiary/aromatic N) is 1. The fraction of sp³-hybridized carbons (Fsp3) is 0.308. The summed E-state index contributed by atoms with van der Waals surface area (Å²) in [6.45, 7) is 3.17. The first-order valence-electron chi connectivity index (χ1n) is 6.17. The van der Waals surface area contributed by atoms with Gasteiger partial charge in [-0.05, 0) is 31.5 Å². The Morgan fingerprint density at radius 3 is 2.71 bits per heavy atom. The van der Waals surface area contributed by atoms with E-state index in [1.165, 1.54) is 17.4 Å². The fourth-order valence-electron chi connectivity index (χ4n) is 1.78. The van der Waals surface area contributed by atoms with Gasteiger partial charge < -0.3 is 5.11 Å². The van der Waals surface area contributed by atoms with Gasteiger partial charge in [0.2, 0.25) is 10.0 Å². The molecule has 0 fully saturated rings. The Hall–Kier alpha value is -1.35. The molecule has 0 aliphatic carbocycles. The summed E-state index contributed by atoms with van der Waals surface area (Å²) >= 11 is 1.38. The predicted octanol–water partition coefficient (Wildman–Crippen LogP) is 2.12. The number of benzene rings is 1. The van der Waals surface area contributed by atoms with Crippen LogP contribution in [0.25, 0.3) is 0 Å². The molecular weight excluding hydrogens is 315 g/mol. The largest absolute Gasteiger partial charge is 0.392 e. The van der Waals surface area contributed by atoms with Gasteiger partial charge in [0.15, 0.2) is 0 Å². The molecule has 0 saturated carbocycles. The number of thiazole rings is 1. The zero-order valence-electron chi connectivity index (χ0n) is 11.5. The summed E-state index contributed by atoms with van der Waals surface area (Å²) in [5.74, 6) is -0.892. The molecule has 8 heteroatoms. The molecule has 1 aromatic carbocycles. The van der Waals surface area contributed by atoms with E-state index in [-0.39, 0.29) is 6.61 Å². The van der Waals surface area contributed by atoms with Gasteiger partial charge in [-0.25, -0.2) is 22.5 Å². The van der Waals surface area contributed by atoms with E-state index < -0.39 is 26.8 Å². The number of aromatic nitrogens is 1. The third kappa shape index (κ3) is 3.65. The van der Waals surface area contributed by atoms with Gasteiger partial charge in [-0.15, -0.1) is 11.3 Å². The highest BCUT2D eigenvalue weighted by atomic mass is 32.2. The first-order valence-corrected chi connectivity index (χ1v) is 8.47. The number of hydrogen-bond acceptors (Lipinski definition) is 5. The van der Waals surface area contributed by atoms with Gasteiger partial charge in [0.1, 0.15) is 15.7 Å². The van der Waals surface area contributed by atoms with Crippen molar-refractivity contribution in [2.75, 3.05) is 0 Å². The number of nitrogens with one attached hydrogen (secondary N) is 1. The molecule has 0 spiro atoms. The summed E-state index contributed by atoms with van der Waals surface area (Å²) in [5.41, 5.74) is 0.315. The molecule has 1 unspecified atom stereocenters. The van der Waals surface area contributed by atoms with Gasteiger partial charge in [-0.2, -0.15) is 0 Å². The molecule has 1 aromatic heterocycles. The molecule has 114 valence electrons. The summed E-state index contributed by atoms with van der Waals surface area (Å²) in [5, 5.41) is 9.53. The van der Waals surface area contributed by atoms with Crippen molar-refractivity contribution in [3.63, 3.8) is 0 Å². The SMILES string of the molecule is Cc1cnc(C(C)NS(=O)(=O)c2ccc(CO)cc2F)s1. The van der Waals surface area contributed by atoms with Crippen molar-refractivity contribution in [2.45, 2.75) is 31.4 Å². The number of halogens is 1. The molecule has 21 heavy (non-hydrogen) atoms. The highest BCUT2D eigenvalue weighted by Gasteiger charge is 2.23. The Kier molecular flexibility index (Phi) is 4.72. The van der Waals surface area contributed by atoms with Gasteiger partial charge in [-0.1, -0.05) is 6.07 Å². The normalized spacial score (nSPS) is 13.3. The quantitative estimate of drug-likeness (QED) is 0.880. The summed E-state index contributed by atoms with van der Waals surface area (Å²) in [6.07, 6.45) is 1.65. The van der Waals surface area contributed by atoms with Crippen LogP contribution < -0.4 is 4.72 Å². The van der Waals surface area contributed by atoms with Crippen molar-refractivity contribution in [1.82, 2.24) is 9.71 Å². The van der Waals surface area contributed by atoms with Crippen LogP contribution in [-0.4, -0.2) is 18.5 Å². The number of hydrogen-bond donors (Lipinski definition) is 2. The first kappa shape index (κ1) is 16.0. The number of aliphatic hydroxyl groups is 1. The summed E-state index contributed by atoms with van der Waals surface area (Å²) in [4.78, 5) is 4.63. The maximum absolute atomic E-state index is 13.8. The van der Waals surface area contributed by atoms with E-state index in [1.54, 1.807) is 13.1 Å². The number of sulfonamides is 1. The lowest BCUT2D eigenvalue weighted by atomic mass is 10.2. The Balaban J connectivity index is 2.26. The average Bonchev–Trinajstić information content (AvgIpc) is 2.84. The highest BCUT2D eigenvalue weighted by molar-refractivity contribution is 7.89. The second-order valence-corrected chi connectivity index (χ2v) is 7.52. The zero-order valence-corrected chi connectivity index (χ0v) is 13.1. The van der Waals surface area contributed by atoms with Gasteiger partial charge in [0, 0.05) is 11.1 Å². The average molecular weight is 330 g/mol. The van der Waals surface area contributed by atoms with E-state index >= 15 is 0 Å². The minimum atomic E-state index is -3.99. The van der Waals surface area contributed by atoms with Crippen molar-refractivity contribution in [2.24, 2.45) is 0 Å². The van der Waals surface area contributed by atoms with Crippen LogP contribution in [0.5, 0.6) is 0 Å². The molecule has 0 bridgehead atoms. The van der Waals surface area contributed by atoms with E-state index in [4.69, 9.17) is 5.11 Å². The monoisotopic (exact) mass is 330 g/mol. The summed E-state index contributed by atoms with van der Waals surface area (Å²) < 4.78 is 40.7. The Labute approximate surface area is 126 Å². The van der Waals surface area contributed by atoms with Crippen LogP contribution in [0.15, 0.2) is 29.3 Å². The smallest absolute Gasteiger partial charge is 0.244 e. The fourth-order valence-corrected chi connectivity index (χ4v) is 3.90. The lowest BCUT2D eigenvalue weighted by Crippen LogP contribution is -2.27. The molecule has 0 radical (unpaired) electrons. The van der Waals surface area contributed by atoms with Crippen LogP contribution in [0.3, 0.4) is 0 Å². The lowest BCUT2D eigenvalue weighted by Gasteiger charge is -2.13. The number of rotatable bonds is 5. The van der Waals surface area contributed by atoms with Crippen molar-refractivity contribution >= 4 is 21.4 Å². The summed E-state index contributed by atoms with van der Waals surface area (Å²) in [6, 6.07) is 2.97. The van der Waals surface area contributed by atoms with Crippen molar-refractivity contribution in [1.29, 1.82) is 0 Å².